The number of nitrogens with one attached hydrogen (secondary N) is 1. The van der Waals surface area contributed by atoms with E-state index in [9.17, 15) is 4.79 Å². The summed E-state index contributed by atoms with van der Waals surface area (Å²) in [5, 5.41) is 18.0. The lowest BCUT2D eigenvalue weighted by atomic mass is 10.2. The first-order valence-electron chi connectivity index (χ1n) is 7.49. The van der Waals surface area contributed by atoms with Crippen LogP contribution in [0, 0.1) is 6.92 Å². The van der Waals surface area contributed by atoms with Gasteiger partial charge < -0.3 is 5.11 Å². The topological polar surface area (TPSA) is 79.5 Å². The van der Waals surface area contributed by atoms with Crippen molar-refractivity contribution in [1.82, 2.24) is 9.78 Å². The second-order valence-electron chi connectivity index (χ2n) is 5.29. The fourth-order valence-corrected chi connectivity index (χ4v) is 2.61. The highest BCUT2D eigenvalue weighted by Gasteiger charge is 2.12. The van der Waals surface area contributed by atoms with Gasteiger partial charge in [-0.3, -0.25) is 5.43 Å². The van der Waals surface area contributed by atoms with Gasteiger partial charge in [-0.05, 0) is 37.3 Å². The molecule has 25 heavy (non-hydrogen) atoms. The van der Waals surface area contributed by atoms with E-state index in [0.717, 1.165) is 11.4 Å². The largest absolute Gasteiger partial charge is 0.478 e. The van der Waals surface area contributed by atoms with Gasteiger partial charge in [0, 0.05) is 0 Å². The van der Waals surface area contributed by atoms with E-state index >= 15 is 0 Å². The van der Waals surface area contributed by atoms with Crippen LogP contribution in [0.15, 0.2) is 59.7 Å². The highest BCUT2D eigenvalue weighted by atomic mass is 35.5. The van der Waals surface area contributed by atoms with Crippen molar-refractivity contribution >= 4 is 29.5 Å². The molecule has 0 bridgehead atoms. The van der Waals surface area contributed by atoms with Gasteiger partial charge in [0.25, 0.3) is 0 Å². The third kappa shape index (κ3) is 3.70. The third-order valence-corrected chi connectivity index (χ3v) is 3.91. The Hall–Kier alpha value is -3.12. The number of aromatic carboxylic acids is 1. The molecular weight excluding hydrogens is 340 g/mol. The fraction of sp³-hybridized carbons (Fsp3) is 0.0556. The van der Waals surface area contributed by atoms with Gasteiger partial charge in [-0.2, -0.15) is 10.2 Å². The summed E-state index contributed by atoms with van der Waals surface area (Å²) in [6, 6.07) is 16.0. The van der Waals surface area contributed by atoms with Gasteiger partial charge in [0.2, 0.25) is 0 Å². The molecule has 1 aromatic heterocycles. The van der Waals surface area contributed by atoms with Crippen LogP contribution >= 0.6 is 11.6 Å². The first kappa shape index (κ1) is 16.7. The summed E-state index contributed by atoms with van der Waals surface area (Å²) >= 11 is 6.42. The number of carboxylic acids is 1. The number of para-hydroxylation sites is 1. The standard InChI is InChI=1S/C18H15ClN4O2/c1-12-16(17(19)23(22-12)15-8-3-2-4-9-15)11-20-21-14-7-5-6-13(10-14)18(24)25/h2-11,21H,1H3,(H,24,25)/b20-11+. The maximum absolute atomic E-state index is 11.0. The number of hydrazone groups is 1. The zero-order chi connectivity index (χ0) is 17.8. The summed E-state index contributed by atoms with van der Waals surface area (Å²) < 4.78 is 1.64. The molecule has 0 aliphatic carbocycles. The van der Waals surface area contributed by atoms with Crippen LogP contribution in [0.2, 0.25) is 5.15 Å². The number of nitrogens with zero attached hydrogens (tertiary/aromatic N) is 3. The Bertz CT molecular complexity index is 936. The zero-order valence-corrected chi connectivity index (χ0v) is 14.1. The Labute approximate surface area is 149 Å². The van der Waals surface area contributed by atoms with E-state index in [1.54, 1.807) is 23.0 Å². The molecular formula is C18H15ClN4O2. The summed E-state index contributed by atoms with van der Waals surface area (Å²) in [5.41, 5.74) is 5.84. The van der Waals surface area contributed by atoms with Crippen LogP contribution < -0.4 is 5.43 Å². The van der Waals surface area contributed by atoms with E-state index in [0.29, 0.717) is 16.4 Å². The molecule has 1 heterocycles. The van der Waals surface area contributed by atoms with Crippen LogP contribution in [-0.4, -0.2) is 27.1 Å². The summed E-state index contributed by atoms with van der Waals surface area (Å²) in [5.74, 6) is -0.990. The molecule has 2 N–H and O–H groups in total. The van der Waals surface area contributed by atoms with Crippen molar-refractivity contribution in [2.45, 2.75) is 6.92 Å². The Kier molecular flexibility index (Phi) is 4.81. The van der Waals surface area contributed by atoms with Gasteiger partial charge >= 0.3 is 5.97 Å². The SMILES string of the molecule is Cc1nn(-c2ccccc2)c(Cl)c1/C=N/Nc1cccc(C(=O)O)c1. The van der Waals surface area contributed by atoms with Crippen molar-refractivity contribution in [1.29, 1.82) is 0 Å². The highest BCUT2D eigenvalue weighted by Crippen LogP contribution is 2.22. The molecule has 0 amide bonds. The van der Waals surface area contributed by atoms with Gasteiger partial charge in [-0.25, -0.2) is 9.48 Å². The molecule has 0 aliphatic rings. The molecule has 2 aromatic carbocycles. The van der Waals surface area contributed by atoms with Gasteiger partial charge in [0.15, 0.2) is 0 Å². The Balaban J connectivity index is 1.82. The van der Waals surface area contributed by atoms with Crippen molar-refractivity contribution in [3.63, 3.8) is 0 Å². The molecule has 0 saturated carbocycles. The number of hydrogen-bond donors (Lipinski definition) is 2. The van der Waals surface area contributed by atoms with Crippen LogP contribution in [0.5, 0.6) is 0 Å². The molecule has 0 unspecified atom stereocenters. The average molecular weight is 355 g/mol. The molecule has 126 valence electrons. The number of carboxylic acid groups (broad SMARTS) is 1. The molecule has 0 radical (unpaired) electrons. The zero-order valence-electron chi connectivity index (χ0n) is 13.3. The molecule has 0 spiro atoms. The number of carbonyl (C=O) groups is 1. The number of rotatable bonds is 5. The van der Waals surface area contributed by atoms with E-state index < -0.39 is 5.97 Å². The minimum absolute atomic E-state index is 0.186. The predicted molar refractivity (Wildman–Crippen MR) is 97.9 cm³/mol. The van der Waals surface area contributed by atoms with Crippen molar-refractivity contribution < 1.29 is 9.90 Å². The predicted octanol–water partition coefficient (Wildman–Crippen LogP) is 3.98. The van der Waals surface area contributed by atoms with Gasteiger partial charge in [-0.15, -0.1) is 0 Å². The summed E-state index contributed by atoms with van der Waals surface area (Å²) in [6.07, 6.45) is 1.57. The van der Waals surface area contributed by atoms with E-state index in [1.807, 2.05) is 37.3 Å². The minimum Gasteiger partial charge on any atom is -0.478 e. The molecule has 6 nitrogen and oxygen atoms in total. The summed E-state index contributed by atoms with van der Waals surface area (Å²) in [4.78, 5) is 11.0. The molecule has 3 aromatic rings. The highest BCUT2D eigenvalue weighted by molar-refractivity contribution is 6.32. The number of benzene rings is 2. The average Bonchev–Trinajstić information content (AvgIpc) is 2.91. The van der Waals surface area contributed by atoms with Gasteiger partial charge in [0.05, 0.1) is 34.4 Å². The Morgan fingerprint density at radius 1 is 1.24 bits per heavy atom. The molecule has 0 saturated heterocycles. The van der Waals surface area contributed by atoms with E-state index in [4.69, 9.17) is 16.7 Å². The second kappa shape index (κ2) is 7.19. The monoisotopic (exact) mass is 354 g/mol. The van der Waals surface area contributed by atoms with E-state index in [1.165, 1.54) is 12.1 Å². The van der Waals surface area contributed by atoms with Gasteiger partial charge in [0.1, 0.15) is 5.15 Å². The number of aromatic nitrogens is 2. The Morgan fingerprint density at radius 2 is 2.00 bits per heavy atom. The van der Waals surface area contributed by atoms with Crippen LogP contribution in [0.1, 0.15) is 21.6 Å². The number of halogens is 1. The van der Waals surface area contributed by atoms with E-state index in [-0.39, 0.29) is 5.56 Å². The molecule has 0 atom stereocenters. The first-order valence-corrected chi connectivity index (χ1v) is 7.87. The molecule has 3 rings (SSSR count). The Morgan fingerprint density at radius 3 is 2.72 bits per heavy atom. The van der Waals surface area contributed by atoms with Crippen molar-refractivity contribution in [3.8, 4) is 5.69 Å². The minimum atomic E-state index is -0.990. The van der Waals surface area contributed by atoms with E-state index in [2.05, 4.69) is 15.6 Å². The maximum atomic E-state index is 11.0. The lowest BCUT2D eigenvalue weighted by Crippen LogP contribution is -1.98. The third-order valence-electron chi connectivity index (χ3n) is 3.55. The van der Waals surface area contributed by atoms with Crippen LogP contribution in [0.25, 0.3) is 5.69 Å². The lowest BCUT2D eigenvalue weighted by Gasteiger charge is -2.02. The number of anilines is 1. The normalized spacial score (nSPS) is 11.0. The fourth-order valence-electron chi connectivity index (χ4n) is 2.29. The molecule has 0 fully saturated rings. The van der Waals surface area contributed by atoms with Crippen molar-refractivity contribution in [2.24, 2.45) is 5.10 Å². The lowest BCUT2D eigenvalue weighted by molar-refractivity contribution is 0.0697. The molecule has 7 heteroatoms. The van der Waals surface area contributed by atoms with Crippen LogP contribution in [-0.2, 0) is 0 Å². The molecule has 0 aliphatic heterocycles. The smallest absolute Gasteiger partial charge is 0.335 e. The first-order chi connectivity index (χ1) is 12.1. The second-order valence-corrected chi connectivity index (χ2v) is 5.65. The quantitative estimate of drug-likeness (QED) is 0.536. The summed E-state index contributed by atoms with van der Waals surface area (Å²) in [6.45, 7) is 1.84. The van der Waals surface area contributed by atoms with Crippen molar-refractivity contribution in [2.75, 3.05) is 5.43 Å². The van der Waals surface area contributed by atoms with Crippen LogP contribution in [0.4, 0.5) is 5.69 Å². The van der Waals surface area contributed by atoms with Crippen LogP contribution in [0.3, 0.4) is 0 Å². The number of hydrogen-bond acceptors (Lipinski definition) is 4. The number of aryl methyl sites for hydroxylation is 1. The van der Waals surface area contributed by atoms with Crippen molar-refractivity contribution in [3.05, 3.63) is 76.6 Å². The van der Waals surface area contributed by atoms with Gasteiger partial charge in [-0.1, -0.05) is 35.9 Å². The summed E-state index contributed by atoms with van der Waals surface area (Å²) in [7, 11) is 0. The maximum Gasteiger partial charge on any atom is 0.335 e.